The summed E-state index contributed by atoms with van der Waals surface area (Å²) in [5.74, 6) is 0. The number of H-pyrrole nitrogens is 1. The Kier molecular flexibility index (Phi) is 7.78. The monoisotopic (exact) mass is 390 g/mol. The number of allylic oxidation sites excluding steroid dienone is 3. The molecule has 5 heteroatoms. The lowest BCUT2D eigenvalue weighted by Crippen LogP contribution is -2.23. The first-order chi connectivity index (χ1) is 13.9. The molecular formula is C24H30N4O. The van der Waals surface area contributed by atoms with E-state index < -0.39 is 0 Å². The van der Waals surface area contributed by atoms with Gasteiger partial charge in [0, 0.05) is 23.9 Å². The summed E-state index contributed by atoms with van der Waals surface area (Å²) < 4.78 is 0. The number of benzene rings is 1. The summed E-state index contributed by atoms with van der Waals surface area (Å²) in [5, 5.41) is 6.32. The van der Waals surface area contributed by atoms with Crippen LogP contribution in [0.2, 0.25) is 0 Å². The second-order valence-electron chi connectivity index (χ2n) is 7.66. The van der Waals surface area contributed by atoms with Gasteiger partial charge >= 0.3 is 0 Å². The first kappa shape index (κ1) is 22.0. The number of imidazole rings is 1. The third-order valence-electron chi connectivity index (χ3n) is 4.37. The highest BCUT2D eigenvalue weighted by Gasteiger charge is 2.19. The molecular weight excluding hydrogens is 360 g/mol. The molecule has 0 bridgehead atoms. The minimum atomic E-state index is -0.0833. The Labute approximate surface area is 173 Å². The predicted molar refractivity (Wildman–Crippen MR) is 122 cm³/mol. The summed E-state index contributed by atoms with van der Waals surface area (Å²) >= 11 is 0. The van der Waals surface area contributed by atoms with Crippen molar-refractivity contribution in [3.05, 3.63) is 83.2 Å². The van der Waals surface area contributed by atoms with Crippen LogP contribution in [0.3, 0.4) is 0 Å². The van der Waals surface area contributed by atoms with E-state index >= 15 is 0 Å². The van der Waals surface area contributed by atoms with Crippen molar-refractivity contribution in [3.8, 4) is 0 Å². The van der Waals surface area contributed by atoms with E-state index in [0.717, 1.165) is 34.5 Å². The molecule has 0 saturated heterocycles. The zero-order valence-corrected chi connectivity index (χ0v) is 17.6. The van der Waals surface area contributed by atoms with Crippen molar-refractivity contribution < 1.29 is 4.79 Å². The van der Waals surface area contributed by atoms with Crippen molar-refractivity contribution >= 4 is 24.5 Å². The Morgan fingerprint density at radius 2 is 2.03 bits per heavy atom. The highest BCUT2D eigenvalue weighted by atomic mass is 16.1. The van der Waals surface area contributed by atoms with Gasteiger partial charge in [-0.05, 0) is 29.3 Å². The summed E-state index contributed by atoms with van der Waals surface area (Å²) in [4.78, 5) is 19.0. The SMILES string of the molecule is C=Cc1cccc(/C=C/C=C(/CN/C(C=O)=C\c2nc[nH]c2C(C)(C)C)NC)c1. The molecule has 1 heterocycles. The Hall–Kier alpha value is -3.34. The van der Waals surface area contributed by atoms with Gasteiger partial charge in [-0.15, -0.1) is 0 Å². The number of aromatic nitrogens is 2. The predicted octanol–water partition coefficient (Wildman–Crippen LogP) is 4.30. The van der Waals surface area contributed by atoms with E-state index in [1.54, 1.807) is 12.4 Å². The number of hydrogen-bond acceptors (Lipinski definition) is 4. The van der Waals surface area contributed by atoms with E-state index in [1.807, 2.05) is 49.6 Å². The number of carbonyl (C=O) groups is 1. The van der Waals surface area contributed by atoms with Gasteiger partial charge in [-0.25, -0.2) is 4.98 Å². The van der Waals surface area contributed by atoms with Crippen LogP contribution in [0.15, 0.2) is 60.7 Å². The second-order valence-corrected chi connectivity index (χ2v) is 7.66. The lowest BCUT2D eigenvalue weighted by Gasteiger charge is -2.17. The van der Waals surface area contributed by atoms with Crippen LogP contribution in [0, 0.1) is 0 Å². The number of hydrogen-bond donors (Lipinski definition) is 3. The van der Waals surface area contributed by atoms with Gasteiger partial charge in [-0.3, -0.25) is 4.79 Å². The molecule has 0 atom stereocenters. The van der Waals surface area contributed by atoms with Crippen molar-refractivity contribution in [2.75, 3.05) is 13.6 Å². The quantitative estimate of drug-likeness (QED) is 0.339. The molecule has 29 heavy (non-hydrogen) atoms. The number of nitrogens with one attached hydrogen (secondary N) is 3. The zero-order valence-electron chi connectivity index (χ0n) is 17.6. The molecule has 1 aromatic heterocycles. The van der Waals surface area contributed by atoms with Crippen LogP contribution in [0.25, 0.3) is 18.2 Å². The number of aromatic amines is 1. The van der Waals surface area contributed by atoms with Crippen molar-refractivity contribution in [1.29, 1.82) is 0 Å². The fourth-order valence-corrected chi connectivity index (χ4v) is 2.78. The van der Waals surface area contributed by atoms with Gasteiger partial charge < -0.3 is 15.6 Å². The van der Waals surface area contributed by atoms with Crippen LogP contribution in [0.4, 0.5) is 0 Å². The molecule has 3 N–H and O–H groups in total. The normalized spacial score (nSPS) is 12.8. The van der Waals surface area contributed by atoms with E-state index in [0.29, 0.717) is 12.2 Å². The summed E-state index contributed by atoms with van der Waals surface area (Å²) in [5.41, 5.74) is 5.29. The molecule has 2 aromatic rings. The van der Waals surface area contributed by atoms with Crippen LogP contribution in [-0.4, -0.2) is 29.8 Å². The van der Waals surface area contributed by atoms with Gasteiger partial charge in [0.2, 0.25) is 0 Å². The first-order valence-electron chi connectivity index (χ1n) is 9.59. The third-order valence-corrected chi connectivity index (χ3v) is 4.37. The summed E-state index contributed by atoms with van der Waals surface area (Å²) in [6.07, 6.45) is 12.0. The fraction of sp³-hybridized carbons (Fsp3) is 0.250. The molecule has 0 amide bonds. The molecule has 0 spiro atoms. The van der Waals surface area contributed by atoms with E-state index in [-0.39, 0.29) is 5.41 Å². The molecule has 2 rings (SSSR count). The van der Waals surface area contributed by atoms with E-state index in [4.69, 9.17) is 0 Å². The summed E-state index contributed by atoms with van der Waals surface area (Å²) in [6.45, 7) is 10.6. The zero-order chi connectivity index (χ0) is 21.3. The maximum Gasteiger partial charge on any atom is 0.165 e. The fourth-order valence-electron chi connectivity index (χ4n) is 2.78. The number of nitrogens with zero attached hydrogens (tertiary/aromatic N) is 1. The van der Waals surface area contributed by atoms with Crippen molar-refractivity contribution in [2.24, 2.45) is 0 Å². The highest BCUT2D eigenvalue weighted by molar-refractivity contribution is 5.80. The van der Waals surface area contributed by atoms with Crippen LogP contribution in [0.1, 0.15) is 43.3 Å². The van der Waals surface area contributed by atoms with Crippen LogP contribution < -0.4 is 10.6 Å². The maximum atomic E-state index is 11.5. The second kappa shape index (κ2) is 10.3. The highest BCUT2D eigenvalue weighted by Crippen LogP contribution is 2.23. The number of aldehydes is 1. The molecule has 0 radical (unpaired) electrons. The van der Waals surface area contributed by atoms with Crippen molar-refractivity contribution in [3.63, 3.8) is 0 Å². The van der Waals surface area contributed by atoms with Crippen LogP contribution in [0.5, 0.6) is 0 Å². The number of carbonyl (C=O) groups excluding carboxylic acids is 1. The molecule has 5 nitrogen and oxygen atoms in total. The largest absolute Gasteiger partial charge is 0.390 e. The minimum absolute atomic E-state index is 0.0833. The molecule has 0 aliphatic rings. The molecule has 0 aliphatic carbocycles. The Morgan fingerprint density at radius 1 is 1.28 bits per heavy atom. The van der Waals surface area contributed by atoms with Gasteiger partial charge in [0.15, 0.2) is 6.29 Å². The summed E-state index contributed by atoms with van der Waals surface area (Å²) in [6, 6.07) is 8.13. The lowest BCUT2D eigenvalue weighted by molar-refractivity contribution is -0.105. The molecule has 0 fully saturated rings. The van der Waals surface area contributed by atoms with Gasteiger partial charge in [0.05, 0.1) is 24.3 Å². The Morgan fingerprint density at radius 3 is 2.69 bits per heavy atom. The average Bonchev–Trinajstić information content (AvgIpc) is 3.18. The third kappa shape index (κ3) is 6.64. The van der Waals surface area contributed by atoms with E-state index in [2.05, 4.69) is 54.0 Å². The van der Waals surface area contributed by atoms with Gasteiger partial charge in [0.25, 0.3) is 0 Å². The number of likely N-dealkylation sites (N-methyl/N-ethyl adjacent to an activating group) is 1. The molecule has 152 valence electrons. The Bertz CT molecular complexity index is 926. The average molecular weight is 391 g/mol. The summed E-state index contributed by atoms with van der Waals surface area (Å²) in [7, 11) is 1.86. The maximum absolute atomic E-state index is 11.5. The van der Waals surface area contributed by atoms with E-state index in [1.165, 1.54) is 0 Å². The minimum Gasteiger partial charge on any atom is -0.390 e. The molecule has 0 saturated carbocycles. The molecule has 1 aromatic carbocycles. The lowest BCUT2D eigenvalue weighted by atomic mass is 9.90. The Balaban J connectivity index is 2.07. The van der Waals surface area contributed by atoms with E-state index in [9.17, 15) is 4.79 Å². The molecule has 0 aliphatic heterocycles. The van der Waals surface area contributed by atoms with Gasteiger partial charge in [0.1, 0.15) is 0 Å². The first-order valence-corrected chi connectivity index (χ1v) is 9.59. The van der Waals surface area contributed by atoms with Crippen molar-refractivity contribution in [2.45, 2.75) is 26.2 Å². The van der Waals surface area contributed by atoms with Gasteiger partial charge in [-0.1, -0.05) is 63.8 Å². The van der Waals surface area contributed by atoms with Crippen LogP contribution >= 0.6 is 0 Å². The number of rotatable bonds is 9. The molecule has 0 unspecified atom stereocenters. The standard InChI is InChI=1S/C24H30N4O/c1-6-18-9-7-10-19(13-18)11-8-12-20(25-5)15-26-21(16-29)14-22-23(24(2,3)4)28-17-27-22/h6-14,16-17,25-26H,1,15H2,2-5H3,(H,27,28)/b11-8+,20-12-,21-14-. The van der Waals surface area contributed by atoms with Crippen LogP contribution in [-0.2, 0) is 10.2 Å². The van der Waals surface area contributed by atoms with Crippen molar-refractivity contribution in [1.82, 2.24) is 20.6 Å². The smallest absolute Gasteiger partial charge is 0.165 e. The topological polar surface area (TPSA) is 69.8 Å². The van der Waals surface area contributed by atoms with Gasteiger partial charge in [-0.2, -0.15) is 0 Å².